The summed E-state index contributed by atoms with van der Waals surface area (Å²) in [6.45, 7) is 13.9. The van der Waals surface area contributed by atoms with E-state index in [4.69, 9.17) is 4.74 Å². The molecule has 1 saturated carbocycles. The van der Waals surface area contributed by atoms with E-state index in [1.54, 1.807) is 23.6 Å². The van der Waals surface area contributed by atoms with Crippen LogP contribution in [0.4, 0.5) is 0 Å². The van der Waals surface area contributed by atoms with Crippen LogP contribution in [0, 0.1) is 34.5 Å². The molecule has 0 saturated heterocycles. The lowest BCUT2D eigenvalue weighted by Gasteiger charge is -2.54. The highest BCUT2D eigenvalue weighted by Crippen LogP contribution is 2.64. The second-order valence-electron chi connectivity index (χ2n) is 12.3. The van der Waals surface area contributed by atoms with E-state index >= 15 is 0 Å². The Kier molecular flexibility index (Phi) is 6.50. The second kappa shape index (κ2) is 8.71. The van der Waals surface area contributed by atoms with Crippen molar-refractivity contribution < 1.29 is 9.53 Å². The highest BCUT2D eigenvalue weighted by atomic mass is 16.5. The van der Waals surface area contributed by atoms with Crippen molar-refractivity contribution in [3.05, 3.63) is 22.8 Å². The number of ether oxygens (including phenoxy) is 1. The first kappa shape index (κ1) is 23.1. The molecule has 0 aromatic heterocycles. The summed E-state index contributed by atoms with van der Waals surface area (Å²) in [6.07, 6.45) is 16.7. The van der Waals surface area contributed by atoms with Crippen molar-refractivity contribution in [2.45, 2.75) is 118 Å². The van der Waals surface area contributed by atoms with Crippen LogP contribution in [-0.4, -0.2) is 12.1 Å². The molecule has 0 aliphatic heterocycles. The van der Waals surface area contributed by atoms with Crippen LogP contribution >= 0.6 is 0 Å². The highest BCUT2D eigenvalue weighted by Gasteiger charge is 2.53. The Bertz CT molecular complexity index is 759. The van der Waals surface area contributed by atoms with E-state index in [0.29, 0.717) is 16.7 Å². The SMILES string of the molecule is CC(=O)O[C@H]1CC[C@]2(C)C3=C(CC[C@H]2C1)C1=CC[C@H]([C@H](C)CCCC(C)C)[C@@]1(C)CC3. The molecule has 2 heteroatoms. The van der Waals surface area contributed by atoms with Crippen LogP contribution in [0.3, 0.4) is 0 Å². The molecular weight excluding hydrogens is 380 g/mol. The Labute approximate surface area is 191 Å². The van der Waals surface area contributed by atoms with Crippen molar-refractivity contribution in [2.24, 2.45) is 34.5 Å². The summed E-state index contributed by atoms with van der Waals surface area (Å²) < 4.78 is 5.63. The van der Waals surface area contributed by atoms with Gasteiger partial charge in [-0.3, -0.25) is 4.79 Å². The normalized spacial score (nSPS) is 38.3. The molecule has 2 nitrogen and oxygen atoms in total. The predicted octanol–water partition coefficient (Wildman–Crippen LogP) is 8.02. The fourth-order valence-corrected chi connectivity index (χ4v) is 8.10. The minimum atomic E-state index is -0.109. The Morgan fingerprint density at radius 1 is 1.10 bits per heavy atom. The summed E-state index contributed by atoms with van der Waals surface area (Å²) in [5, 5.41) is 0. The van der Waals surface area contributed by atoms with Crippen molar-refractivity contribution >= 4 is 5.97 Å². The Morgan fingerprint density at radius 3 is 2.58 bits per heavy atom. The maximum absolute atomic E-state index is 11.5. The number of hydrogen-bond acceptors (Lipinski definition) is 2. The molecule has 0 unspecified atom stereocenters. The summed E-state index contributed by atoms with van der Waals surface area (Å²) >= 11 is 0. The molecule has 4 aliphatic carbocycles. The van der Waals surface area contributed by atoms with E-state index < -0.39 is 0 Å². The largest absolute Gasteiger partial charge is 0.463 e. The molecule has 0 heterocycles. The van der Waals surface area contributed by atoms with Crippen molar-refractivity contribution in [1.29, 1.82) is 0 Å². The standard InChI is InChI=1S/C29H46O2/c1-19(2)8-7-9-20(3)25-12-13-26-24-11-10-22-18-23(31-21(4)30)14-16-28(22,5)27(24)15-17-29(25,26)6/h13,19-20,22-23,25H,7-12,14-18H2,1-6H3/t20-,22+,23+,25-,28+,29-/m1/s1. The van der Waals surface area contributed by atoms with Gasteiger partial charge >= 0.3 is 5.97 Å². The fourth-order valence-electron chi connectivity index (χ4n) is 8.10. The molecule has 174 valence electrons. The number of esters is 1. The smallest absolute Gasteiger partial charge is 0.302 e. The quantitative estimate of drug-likeness (QED) is 0.402. The summed E-state index contributed by atoms with van der Waals surface area (Å²) in [5.41, 5.74) is 6.02. The van der Waals surface area contributed by atoms with E-state index in [1.165, 1.54) is 57.8 Å². The topological polar surface area (TPSA) is 26.3 Å². The van der Waals surface area contributed by atoms with E-state index in [9.17, 15) is 4.79 Å². The minimum Gasteiger partial charge on any atom is -0.463 e. The molecule has 0 amide bonds. The van der Waals surface area contributed by atoms with Gasteiger partial charge in [0.25, 0.3) is 0 Å². The van der Waals surface area contributed by atoms with Crippen LogP contribution in [0.25, 0.3) is 0 Å². The first-order valence-corrected chi connectivity index (χ1v) is 13.3. The average molecular weight is 427 g/mol. The van der Waals surface area contributed by atoms with Crippen molar-refractivity contribution in [3.63, 3.8) is 0 Å². The van der Waals surface area contributed by atoms with Crippen LogP contribution in [0.15, 0.2) is 22.8 Å². The molecule has 0 N–H and O–H groups in total. The Morgan fingerprint density at radius 2 is 1.87 bits per heavy atom. The second-order valence-corrected chi connectivity index (χ2v) is 12.3. The van der Waals surface area contributed by atoms with E-state index in [2.05, 4.69) is 40.7 Å². The van der Waals surface area contributed by atoms with Crippen LogP contribution < -0.4 is 0 Å². The van der Waals surface area contributed by atoms with Gasteiger partial charge in [0.1, 0.15) is 6.10 Å². The molecule has 4 rings (SSSR count). The molecule has 31 heavy (non-hydrogen) atoms. The van der Waals surface area contributed by atoms with Crippen LogP contribution in [0.1, 0.15) is 112 Å². The molecule has 0 radical (unpaired) electrons. The predicted molar refractivity (Wildman–Crippen MR) is 129 cm³/mol. The van der Waals surface area contributed by atoms with Crippen LogP contribution in [0.5, 0.6) is 0 Å². The number of allylic oxidation sites excluding steroid dienone is 4. The lowest BCUT2D eigenvalue weighted by atomic mass is 9.51. The van der Waals surface area contributed by atoms with Gasteiger partial charge in [0.05, 0.1) is 0 Å². The third-order valence-electron chi connectivity index (χ3n) is 9.92. The number of carbonyl (C=O) groups excluding carboxylic acids is 1. The number of hydrogen-bond donors (Lipinski definition) is 0. The molecule has 0 bridgehead atoms. The van der Waals surface area contributed by atoms with Crippen LogP contribution in [0.2, 0.25) is 0 Å². The number of rotatable bonds is 6. The van der Waals surface area contributed by atoms with E-state index in [1.807, 2.05) is 0 Å². The zero-order valence-corrected chi connectivity index (χ0v) is 21.1. The molecule has 1 fully saturated rings. The third kappa shape index (κ3) is 4.18. The van der Waals surface area contributed by atoms with Gasteiger partial charge in [0, 0.05) is 6.92 Å². The molecular formula is C29H46O2. The number of fused-ring (bicyclic) bond motifs is 4. The van der Waals surface area contributed by atoms with Crippen molar-refractivity contribution in [3.8, 4) is 0 Å². The van der Waals surface area contributed by atoms with E-state index in [-0.39, 0.29) is 12.1 Å². The van der Waals surface area contributed by atoms with Gasteiger partial charge in [0.2, 0.25) is 0 Å². The zero-order chi connectivity index (χ0) is 22.4. The highest BCUT2D eigenvalue weighted by molar-refractivity contribution is 5.66. The van der Waals surface area contributed by atoms with Gasteiger partial charge in [-0.1, -0.05) is 65.5 Å². The third-order valence-corrected chi connectivity index (χ3v) is 9.92. The Hall–Kier alpha value is -1.05. The van der Waals surface area contributed by atoms with E-state index in [0.717, 1.165) is 30.6 Å². The maximum Gasteiger partial charge on any atom is 0.302 e. The summed E-state index contributed by atoms with van der Waals surface area (Å²) in [6, 6.07) is 0. The van der Waals surface area contributed by atoms with Crippen molar-refractivity contribution in [2.75, 3.05) is 0 Å². The molecule has 6 atom stereocenters. The first-order chi connectivity index (χ1) is 14.6. The first-order valence-electron chi connectivity index (χ1n) is 13.3. The molecule has 0 aromatic rings. The average Bonchev–Trinajstić information content (AvgIpc) is 3.05. The fraction of sp³-hybridized carbons (Fsp3) is 0.828. The molecule has 0 spiro atoms. The molecule has 0 aromatic carbocycles. The van der Waals surface area contributed by atoms with Crippen molar-refractivity contribution in [1.82, 2.24) is 0 Å². The van der Waals surface area contributed by atoms with Gasteiger partial charge < -0.3 is 4.74 Å². The zero-order valence-electron chi connectivity index (χ0n) is 21.1. The lowest BCUT2D eigenvalue weighted by molar-refractivity contribution is -0.150. The number of carbonyl (C=O) groups is 1. The summed E-state index contributed by atoms with van der Waals surface area (Å²) in [4.78, 5) is 11.5. The van der Waals surface area contributed by atoms with Gasteiger partial charge in [-0.15, -0.1) is 0 Å². The monoisotopic (exact) mass is 426 g/mol. The lowest BCUT2D eigenvalue weighted by Crippen LogP contribution is -2.44. The van der Waals surface area contributed by atoms with Gasteiger partial charge in [-0.2, -0.15) is 0 Å². The van der Waals surface area contributed by atoms with Gasteiger partial charge in [-0.25, -0.2) is 0 Å². The maximum atomic E-state index is 11.5. The summed E-state index contributed by atoms with van der Waals surface area (Å²) in [7, 11) is 0. The van der Waals surface area contributed by atoms with Gasteiger partial charge in [0.15, 0.2) is 0 Å². The summed E-state index contributed by atoms with van der Waals surface area (Å²) in [5.74, 6) is 3.05. The Balaban J connectivity index is 1.50. The van der Waals surface area contributed by atoms with Gasteiger partial charge in [-0.05, 0) is 97.0 Å². The molecule has 4 aliphatic rings. The minimum absolute atomic E-state index is 0.109. The van der Waals surface area contributed by atoms with Crippen LogP contribution in [-0.2, 0) is 9.53 Å².